The van der Waals surface area contributed by atoms with Crippen LogP contribution in [0.15, 0.2) is 54.6 Å². The first kappa shape index (κ1) is 16.8. The maximum atomic E-state index is 13.6. The number of hydrogen-bond donors (Lipinski definition) is 1. The largest absolute Gasteiger partial charge is 0.325 e. The number of aryl methyl sites for hydroxylation is 2. The summed E-state index contributed by atoms with van der Waals surface area (Å²) in [5.74, 6) is -0.363. The highest BCUT2D eigenvalue weighted by Crippen LogP contribution is 2.23. The predicted octanol–water partition coefficient (Wildman–Crippen LogP) is 4.67. The molecule has 1 amide bonds. The molecular weight excluding hydrogens is 317 g/mol. The highest BCUT2D eigenvalue weighted by atomic mass is 19.1. The summed E-state index contributed by atoms with van der Waals surface area (Å²) in [4.78, 5) is 23.1. The van der Waals surface area contributed by atoms with E-state index >= 15 is 0 Å². The van der Waals surface area contributed by atoms with Gasteiger partial charge in [-0.05, 0) is 53.4 Å². The van der Waals surface area contributed by atoms with Crippen molar-refractivity contribution in [2.45, 2.75) is 19.8 Å². The molecule has 3 nitrogen and oxygen atoms in total. The molecule has 3 rings (SSSR count). The quantitative estimate of drug-likeness (QED) is 0.689. The van der Waals surface area contributed by atoms with Crippen molar-refractivity contribution in [3.8, 4) is 0 Å². The second-order valence-electron chi connectivity index (χ2n) is 5.98. The van der Waals surface area contributed by atoms with Crippen LogP contribution in [-0.4, -0.2) is 12.2 Å². The van der Waals surface area contributed by atoms with Gasteiger partial charge in [-0.2, -0.15) is 0 Å². The van der Waals surface area contributed by atoms with Crippen LogP contribution in [0.25, 0.3) is 10.8 Å². The lowest BCUT2D eigenvalue weighted by Gasteiger charge is -2.09. The number of aldehydes is 1. The smallest absolute Gasteiger partial charge is 0.224 e. The van der Waals surface area contributed by atoms with Gasteiger partial charge < -0.3 is 5.32 Å². The molecule has 0 aliphatic carbocycles. The Morgan fingerprint density at radius 2 is 1.92 bits per heavy atom. The Bertz CT molecular complexity index is 950. The number of halogens is 1. The summed E-state index contributed by atoms with van der Waals surface area (Å²) < 4.78 is 13.6. The molecular formula is C21H18FNO2. The van der Waals surface area contributed by atoms with Gasteiger partial charge in [0.15, 0.2) is 6.29 Å². The molecule has 0 aliphatic rings. The van der Waals surface area contributed by atoms with Crippen LogP contribution in [0.1, 0.15) is 27.9 Å². The van der Waals surface area contributed by atoms with Crippen molar-refractivity contribution in [1.29, 1.82) is 0 Å². The highest BCUT2D eigenvalue weighted by molar-refractivity contribution is 5.96. The molecule has 0 spiro atoms. The number of amides is 1. The van der Waals surface area contributed by atoms with Gasteiger partial charge in [-0.1, -0.05) is 36.4 Å². The average Bonchev–Trinajstić information content (AvgIpc) is 2.63. The van der Waals surface area contributed by atoms with E-state index in [1.165, 1.54) is 6.07 Å². The molecule has 25 heavy (non-hydrogen) atoms. The first-order chi connectivity index (χ1) is 12.1. The molecule has 0 radical (unpaired) electrons. The van der Waals surface area contributed by atoms with E-state index in [0.29, 0.717) is 29.7 Å². The number of nitrogens with one attached hydrogen (secondary N) is 1. The topological polar surface area (TPSA) is 46.2 Å². The zero-order valence-electron chi connectivity index (χ0n) is 13.9. The molecule has 4 heteroatoms. The Balaban J connectivity index is 1.69. The lowest BCUT2D eigenvalue weighted by molar-refractivity contribution is -0.116. The zero-order chi connectivity index (χ0) is 17.8. The SMILES string of the molecule is Cc1c(F)ccc2cc(CCC(=O)Nc3ccccc3C=O)ccc12. The zero-order valence-corrected chi connectivity index (χ0v) is 13.9. The van der Waals surface area contributed by atoms with Crippen LogP contribution in [-0.2, 0) is 11.2 Å². The van der Waals surface area contributed by atoms with E-state index in [1.807, 2.05) is 18.2 Å². The lowest BCUT2D eigenvalue weighted by atomic mass is 10.0. The summed E-state index contributed by atoms with van der Waals surface area (Å²) in [6.45, 7) is 1.76. The number of carbonyl (C=O) groups is 2. The van der Waals surface area contributed by atoms with E-state index in [0.717, 1.165) is 22.6 Å². The molecule has 0 unspecified atom stereocenters. The minimum absolute atomic E-state index is 0.148. The van der Waals surface area contributed by atoms with Gasteiger partial charge in [0.1, 0.15) is 5.82 Å². The van der Waals surface area contributed by atoms with Gasteiger partial charge >= 0.3 is 0 Å². The third kappa shape index (κ3) is 3.74. The third-order valence-corrected chi connectivity index (χ3v) is 4.29. The molecule has 0 saturated heterocycles. The van der Waals surface area contributed by atoms with E-state index in [2.05, 4.69) is 5.32 Å². The van der Waals surface area contributed by atoms with Gasteiger partial charge in [0.05, 0.1) is 5.69 Å². The van der Waals surface area contributed by atoms with Crippen LogP contribution in [0, 0.1) is 12.7 Å². The number of fused-ring (bicyclic) bond motifs is 1. The van der Waals surface area contributed by atoms with Crippen molar-refractivity contribution in [3.63, 3.8) is 0 Å². The van der Waals surface area contributed by atoms with Gasteiger partial charge in [0, 0.05) is 12.0 Å². The van der Waals surface area contributed by atoms with Crippen molar-refractivity contribution in [2.24, 2.45) is 0 Å². The molecule has 0 aromatic heterocycles. The summed E-state index contributed by atoms with van der Waals surface area (Å²) in [5, 5.41) is 4.61. The Labute approximate surface area is 145 Å². The first-order valence-electron chi connectivity index (χ1n) is 8.10. The molecule has 0 atom stereocenters. The summed E-state index contributed by atoms with van der Waals surface area (Å²) in [6, 6.07) is 15.9. The van der Waals surface area contributed by atoms with E-state index in [4.69, 9.17) is 0 Å². The number of hydrogen-bond acceptors (Lipinski definition) is 2. The van der Waals surface area contributed by atoms with Crippen molar-refractivity contribution >= 4 is 28.7 Å². The number of benzene rings is 3. The molecule has 1 N–H and O–H groups in total. The Kier molecular flexibility index (Phi) is 4.89. The van der Waals surface area contributed by atoms with Crippen LogP contribution in [0.4, 0.5) is 10.1 Å². The lowest BCUT2D eigenvalue weighted by Crippen LogP contribution is -2.13. The number of anilines is 1. The summed E-state index contributed by atoms with van der Waals surface area (Å²) in [5.41, 5.74) is 2.62. The fourth-order valence-electron chi connectivity index (χ4n) is 2.85. The van der Waals surface area contributed by atoms with Gasteiger partial charge in [0.2, 0.25) is 5.91 Å². The van der Waals surface area contributed by atoms with Gasteiger partial charge in [-0.3, -0.25) is 9.59 Å². The third-order valence-electron chi connectivity index (χ3n) is 4.29. The normalized spacial score (nSPS) is 10.6. The van der Waals surface area contributed by atoms with Crippen LogP contribution in [0.3, 0.4) is 0 Å². The Hall–Kier alpha value is -3.01. The number of para-hydroxylation sites is 1. The molecule has 3 aromatic carbocycles. The minimum Gasteiger partial charge on any atom is -0.325 e. The van der Waals surface area contributed by atoms with Gasteiger partial charge in [-0.25, -0.2) is 4.39 Å². The number of carbonyl (C=O) groups excluding carboxylic acids is 2. The molecule has 0 fully saturated rings. The summed E-state index contributed by atoms with van der Waals surface area (Å²) in [7, 11) is 0. The summed E-state index contributed by atoms with van der Waals surface area (Å²) in [6.07, 6.45) is 1.60. The molecule has 0 heterocycles. The van der Waals surface area contributed by atoms with Crippen LogP contribution in [0.2, 0.25) is 0 Å². The Morgan fingerprint density at radius 1 is 1.12 bits per heavy atom. The maximum absolute atomic E-state index is 13.6. The maximum Gasteiger partial charge on any atom is 0.224 e. The average molecular weight is 335 g/mol. The fourth-order valence-corrected chi connectivity index (χ4v) is 2.85. The highest BCUT2D eigenvalue weighted by Gasteiger charge is 2.08. The van der Waals surface area contributed by atoms with Gasteiger partial charge in [-0.15, -0.1) is 0 Å². The second-order valence-corrected chi connectivity index (χ2v) is 5.98. The van der Waals surface area contributed by atoms with Crippen molar-refractivity contribution in [1.82, 2.24) is 0 Å². The molecule has 0 bridgehead atoms. The molecule has 0 aliphatic heterocycles. The van der Waals surface area contributed by atoms with E-state index < -0.39 is 0 Å². The first-order valence-corrected chi connectivity index (χ1v) is 8.10. The predicted molar refractivity (Wildman–Crippen MR) is 97.4 cm³/mol. The van der Waals surface area contributed by atoms with Crippen LogP contribution >= 0.6 is 0 Å². The van der Waals surface area contributed by atoms with Crippen LogP contribution in [0.5, 0.6) is 0 Å². The molecule has 3 aromatic rings. The van der Waals surface area contributed by atoms with E-state index in [-0.39, 0.29) is 11.7 Å². The number of rotatable bonds is 5. The van der Waals surface area contributed by atoms with E-state index in [1.54, 1.807) is 37.3 Å². The van der Waals surface area contributed by atoms with Crippen LogP contribution < -0.4 is 5.32 Å². The minimum atomic E-state index is -0.214. The fraction of sp³-hybridized carbons (Fsp3) is 0.143. The van der Waals surface area contributed by atoms with E-state index in [9.17, 15) is 14.0 Å². The second kappa shape index (κ2) is 7.26. The Morgan fingerprint density at radius 3 is 2.72 bits per heavy atom. The molecule has 126 valence electrons. The van der Waals surface area contributed by atoms with Crippen molar-refractivity contribution in [3.05, 3.63) is 77.1 Å². The van der Waals surface area contributed by atoms with Gasteiger partial charge in [0.25, 0.3) is 0 Å². The van der Waals surface area contributed by atoms with Crippen molar-refractivity contribution in [2.75, 3.05) is 5.32 Å². The molecule has 0 saturated carbocycles. The summed E-state index contributed by atoms with van der Waals surface area (Å²) >= 11 is 0. The standard InChI is InChI=1S/C21H18FNO2/c1-14-18-9-6-15(12-16(18)8-10-19(14)22)7-11-21(25)23-20-5-3-2-4-17(20)13-24/h2-6,8-10,12-13H,7,11H2,1H3,(H,23,25). The van der Waals surface area contributed by atoms with Crippen molar-refractivity contribution < 1.29 is 14.0 Å². The monoisotopic (exact) mass is 335 g/mol.